The Morgan fingerprint density at radius 3 is 2.73 bits per heavy atom. The van der Waals surface area contributed by atoms with E-state index in [9.17, 15) is 0 Å². The molecule has 0 aliphatic rings. The Balaban J connectivity index is 3.16. The molecule has 3 heteroatoms. The average molecular weight is 156 g/mol. The Hall–Kier alpha value is -0.590. The van der Waals surface area contributed by atoms with Gasteiger partial charge in [0.2, 0.25) is 0 Å². The van der Waals surface area contributed by atoms with Crippen LogP contribution < -0.4 is 5.32 Å². The van der Waals surface area contributed by atoms with Crippen LogP contribution in [0.3, 0.4) is 0 Å². The summed E-state index contributed by atoms with van der Waals surface area (Å²) in [4.78, 5) is 0. The number of hydrogen-bond donors (Lipinski definition) is 1. The molecule has 0 aliphatic heterocycles. The predicted octanol–water partition coefficient (Wildman–Crippen LogP) is 0.915. The number of ether oxygens (including phenoxy) is 1. The van der Waals surface area contributed by atoms with Gasteiger partial charge in [0.15, 0.2) is 0 Å². The lowest BCUT2D eigenvalue weighted by atomic mass is 10.2. The van der Waals surface area contributed by atoms with Crippen LogP contribution in [0.15, 0.2) is 0 Å². The summed E-state index contributed by atoms with van der Waals surface area (Å²) >= 11 is 0. The highest BCUT2D eigenvalue weighted by atomic mass is 16.5. The Morgan fingerprint density at radius 1 is 1.55 bits per heavy atom. The smallest absolute Gasteiger partial charge is 0.0951 e. The highest BCUT2D eigenvalue weighted by Gasteiger charge is 2.00. The topological polar surface area (TPSA) is 45.0 Å². The van der Waals surface area contributed by atoms with Gasteiger partial charge >= 0.3 is 0 Å². The first kappa shape index (κ1) is 10.4. The lowest BCUT2D eigenvalue weighted by molar-refractivity contribution is 0.148. The van der Waals surface area contributed by atoms with Gasteiger partial charge in [0, 0.05) is 13.2 Å². The number of rotatable bonds is 6. The molecular weight excluding hydrogens is 140 g/mol. The van der Waals surface area contributed by atoms with Crippen molar-refractivity contribution in [2.24, 2.45) is 0 Å². The van der Waals surface area contributed by atoms with Crippen molar-refractivity contribution in [3.05, 3.63) is 0 Å². The van der Waals surface area contributed by atoms with Crippen molar-refractivity contribution in [1.29, 1.82) is 5.26 Å². The van der Waals surface area contributed by atoms with Crippen molar-refractivity contribution in [2.75, 3.05) is 19.8 Å². The maximum Gasteiger partial charge on any atom is 0.0951 e. The van der Waals surface area contributed by atoms with E-state index < -0.39 is 0 Å². The van der Waals surface area contributed by atoms with Crippen LogP contribution in [-0.2, 0) is 4.74 Å². The minimum atomic E-state index is -0.0181. The zero-order chi connectivity index (χ0) is 8.53. The van der Waals surface area contributed by atoms with Gasteiger partial charge in [0.1, 0.15) is 0 Å². The summed E-state index contributed by atoms with van der Waals surface area (Å²) in [7, 11) is 0. The summed E-state index contributed by atoms with van der Waals surface area (Å²) in [6.07, 6.45) is 0.850. The van der Waals surface area contributed by atoms with Gasteiger partial charge in [-0.1, -0.05) is 6.92 Å². The van der Waals surface area contributed by atoms with Crippen molar-refractivity contribution in [3.8, 4) is 6.07 Å². The maximum atomic E-state index is 8.53. The van der Waals surface area contributed by atoms with Gasteiger partial charge in [-0.25, -0.2) is 0 Å². The van der Waals surface area contributed by atoms with Crippen LogP contribution in [0, 0.1) is 11.3 Å². The van der Waals surface area contributed by atoms with Crippen molar-refractivity contribution >= 4 is 0 Å². The molecule has 0 heterocycles. The van der Waals surface area contributed by atoms with Gasteiger partial charge in [-0.15, -0.1) is 0 Å². The molecule has 0 saturated heterocycles. The van der Waals surface area contributed by atoms with Gasteiger partial charge in [-0.05, 0) is 13.3 Å². The highest BCUT2D eigenvalue weighted by molar-refractivity contribution is 4.87. The molecule has 1 N–H and O–H groups in total. The van der Waals surface area contributed by atoms with Crippen molar-refractivity contribution in [1.82, 2.24) is 5.32 Å². The number of nitrogens with one attached hydrogen (secondary N) is 1. The molecule has 0 bridgehead atoms. The Kier molecular flexibility index (Phi) is 7.11. The van der Waals surface area contributed by atoms with E-state index in [0.717, 1.165) is 19.6 Å². The maximum absolute atomic E-state index is 8.53. The molecule has 3 nitrogen and oxygen atoms in total. The Morgan fingerprint density at radius 2 is 2.27 bits per heavy atom. The van der Waals surface area contributed by atoms with Crippen LogP contribution >= 0.6 is 0 Å². The fraction of sp³-hybridized carbons (Fsp3) is 0.875. The fourth-order valence-corrected chi connectivity index (χ4v) is 0.731. The summed E-state index contributed by atoms with van der Waals surface area (Å²) in [5, 5.41) is 11.6. The molecular formula is C8H16N2O. The Bertz CT molecular complexity index is 120. The second-order valence-electron chi connectivity index (χ2n) is 2.24. The minimum absolute atomic E-state index is 0.0181. The van der Waals surface area contributed by atoms with Crippen molar-refractivity contribution < 1.29 is 4.74 Å². The van der Waals surface area contributed by atoms with Crippen LogP contribution in [0.25, 0.3) is 0 Å². The quantitative estimate of drug-likeness (QED) is 0.581. The Labute approximate surface area is 68.3 Å². The van der Waals surface area contributed by atoms with E-state index in [2.05, 4.69) is 11.4 Å². The summed E-state index contributed by atoms with van der Waals surface area (Å²) < 4.78 is 5.10. The number of hydrogen-bond acceptors (Lipinski definition) is 3. The lowest BCUT2D eigenvalue weighted by Crippen LogP contribution is -2.30. The van der Waals surface area contributed by atoms with Crippen molar-refractivity contribution in [3.63, 3.8) is 0 Å². The molecule has 0 aromatic heterocycles. The van der Waals surface area contributed by atoms with Crippen molar-refractivity contribution in [2.45, 2.75) is 26.3 Å². The van der Waals surface area contributed by atoms with E-state index in [1.165, 1.54) is 0 Å². The third-order valence-electron chi connectivity index (χ3n) is 1.41. The molecule has 0 fully saturated rings. The van der Waals surface area contributed by atoms with Gasteiger partial charge in [-0.3, -0.25) is 5.32 Å². The minimum Gasteiger partial charge on any atom is -0.380 e. The van der Waals surface area contributed by atoms with E-state index >= 15 is 0 Å². The second-order valence-corrected chi connectivity index (χ2v) is 2.24. The number of nitriles is 1. The van der Waals surface area contributed by atoms with Gasteiger partial charge in [-0.2, -0.15) is 5.26 Å². The monoisotopic (exact) mass is 156 g/mol. The largest absolute Gasteiger partial charge is 0.380 e. The van der Waals surface area contributed by atoms with Gasteiger partial charge < -0.3 is 4.74 Å². The molecule has 0 radical (unpaired) electrons. The summed E-state index contributed by atoms with van der Waals surface area (Å²) in [5.41, 5.74) is 0. The van der Waals surface area contributed by atoms with Crippen LogP contribution in [0.2, 0.25) is 0 Å². The highest BCUT2D eigenvalue weighted by Crippen LogP contribution is 1.86. The first-order chi connectivity index (χ1) is 5.35. The fourth-order valence-electron chi connectivity index (χ4n) is 0.731. The summed E-state index contributed by atoms with van der Waals surface area (Å²) in [6, 6.07) is 2.14. The van der Waals surface area contributed by atoms with Crippen LogP contribution in [0.4, 0.5) is 0 Å². The molecule has 64 valence electrons. The molecule has 11 heavy (non-hydrogen) atoms. The molecule has 1 atom stereocenters. The van der Waals surface area contributed by atoms with Crippen LogP contribution in [-0.4, -0.2) is 25.8 Å². The molecule has 0 saturated carbocycles. The first-order valence-electron chi connectivity index (χ1n) is 4.05. The van der Waals surface area contributed by atoms with E-state index in [-0.39, 0.29) is 6.04 Å². The van der Waals surface area contributed by atoms with Gasteiger partial charge in [0.25, 0.3) is 0 Å². The molecule has 0 aromatic carbocycles. The normalized spacial score (nSPS) is 12.5. The van der Waals surface area contributed by atoms with E-state index in [1.54, 1.807) is 0 Å². The third-order valence-corrected chi connectivity index (χ3v) is 1.41. The predicted molar refractivity (Wildman–Crippen MR) is 44.2 cm³/mol. The average Bonchev–Trinajstić information content (AvgIpc) is 2.05. The number of nitrogens with zero attached hydrogens (tertiary/aromatic N) is 1. The third kappa shape index (κ3) is 5.84. The molecule has 0 spiro atoms. The van der Waals surface area contributed by atoms with E-state index in [1.807, 2.05) is 13.8 Å². The van der Waals surface area contributed by atoms with E-state index in [4.69, 9.17) is 10.00 Å². The van der Waals surface area contributed by atoms with Crippen LogP contribution in [0.1, 0.15) is 20.3 Å². The molecule has 0 aliphatic carbocycles. The SMILES string of the molecule is CCOCCNC(C#N)CC. The van der Waals surface area contributed by atoms with E-state index in [0.29, 0.717) is 6.61 Å². The zero-order valence-electron chi connectivity index (χ0n) is 7.26. The molecule has 0 aromatic rings. The molecule has 0 amide bonds. The van der Waals surface area contributed by atoms with Crippen LogP contribution in [0.5, 0.6) is 0 Å². The molecule has 0 rings (SSSR count). The van der Waals surface area contributed by atoms with Gasteiger partial charge in [0.05, 0.1) is 18.7 Å². The first-order valence-corrected chi connectivity index (χ1v) is 4.05. The summed E-state index contributed by atoms with van der Waals surface area (Å²) in [6.45, 7) is 6.14. The summed E-state index contributed by atoms with van der Waals surface area (Å²) in [5.74, 6) is 0. The second kappa shape index (κ2) is 7.52. The zero-order valence-corrected chi connectivity index (χ0v) is 7.26. The standard InChI is InChI=1S/C8H16N2O/c1-3-8(7-9)10-5-6-11-4-2/h8,10H,3-6H2,1-2H3. The lowest BCUT2D eigenvalue weighted by Gasteiger charge is -2.07. The molecule has 1 unspecified atom stereocenters.